The van der Waals surface area contributed by atoms with Crippen LogP contribution >= 0.6 is 50.5 Å². The molecule has 21 heavy (non-hydrogen) atoms. The molecule has 1 atom stereocenters. The summed E-state index contributed by atoms with van der Waals surface area (Å²) in [6, 6.07) is 6.90. The predicted octanol–water partition coefficient (Wildman–Crippen LogP) is 4.12. The van der Waals surface area contributed by atoms with Crippen molar-refractivity contribution >= 4 is 56.4 Å². The highest BCUT2D eigenvalue weighted by Gasteiger charge is 2.16. The van der Waals surface area contributed by atoms with Crippen molar-refractivity contribution < 1.29 is 4.79 Å². The minimum absolute atomic E-state index is 0.133. The Kier molecular flexibility index (Phi) is 6.08. The Morgan fingerprint density at radius 3 is 2.71 bits per heavy atom. The molecule has 1 aromatic heterocycles. The highest BCUT2D eigenvalue weighted by Crippen LogP contribution is 2.23. The number of hydrogen-bond donors (Lipinski definition) is 2. The fourth-order valence-corrected chi connectivity index (χ4v) is 3.65. The van der Waals surface area contributed by atoms with Crippen molar-refractivity contribution in [2.75, 3.05) is 6.54 Å². The van der Waals surface area contributed by atoms with Gasteiger partial charge in [0, 0.05) is 32.5 Å². The monoisotopic (exact) mass is 406 g/mol. The summed E-state index contributed by atoms with van der Waals surface area (Å²) in [6.07, 6.45) is 0.560. The topological polar surface area (TPSA) is 55.1 Å². The lowest BCUT2D eigenvalue weighted by Gasteiger charge is -2.17. The van der Waals surface area contributed by atoms with Crippen LogP contribution in [0, 0.1) is 0 Å². The Labute approximate surface area is 145 Å². The number of hydrogen-bond acceptors (Lipinski definition) is 3. The van der Waals surface area contributed by atoms with Crippen LogP contribution in [0.1, 0.15) is 15.2 Å². The summed E-state index contributed by atoms with van der Waals surface area (Å²) < 4.78 is 0.891. The van der Waals surface area contributed by atoms with Crippen molar-refractivity contribution in [1.29, 1.82) is 0 Å². The quantitative estimate of drug-likeness (QED) is 0.783. The second-order valence-corrected chi connectivity index (χ2v) is 7.15. The van der Waals surface area contributed by atoms with E-state index in [4.69, 9.17) is 28.9 Å². The molecule has 0 saturated heterocycles. The van der Waals surface area contributed by atoms with E-state index in [9.17, 15) is 4.79 Å². The van der Waals surface area contributed by atoms with Crippen LogP contribution in [0.4, 0.5) is 0 Å². The molecule has 2 aromatic rings. The van der Waals surface area contributed by atoms with Crippen LogP contribution in [0.3, 0.4) is 0 Å². The second kappa shape index (κ2) is 7.61. The van der Waals surface area contributed by atoms with E-state index >= 15 is 0 Å². The smallest absolute Gasteiger partial charge is 0.261 e. The van der Waals surface area contributed by atoms with Gasteiger partial charge in [0.2, 0.25) is 0 Å². The van der Waals surface area contributed by atoms with Crippen molar-refractivity contribution in [1.82, 2.24) is 5.32 Å². The molecule has 7 heteroatoms. The molecule has 112 valence electrons. The van der Waals surface area contributed by atoms with Crippen LogP contribution < -0.4 is 11.1 Å². The van der Waals surface area contributed by atoms with Gasteiger partial charge in [-0.2, -0.15) is 0 Å². The maximum absolute atomic E-state index is 12.1. The molecule has 1 heterocycles. The van der Waals surface area contributed by atoms with Gasteiger partial charge in [-0.05, 0) is 46.1 Å². The second-order valence-electron chi connectivity index (χ2n) is 4.48. The number of benzene rings is 1. The Bertz CT molecular complexity index is 648. The summed E-state index contributed by atoms with van der Waals surface area (Å²) in [4.78, 5) is 12.8. The number of carbonyl (C=O) groups is 1. The molecule has 0 aliphatic heterocycles. The molecule has 0 spiro atoms. The van der Waals surface area contributed by atoms with Crippen molar-refractivity contribution in [3.05, 3.63) is 54.6 Å². The number of amides is 1. The molecule has 0 radical (unpaired) electrons. The van der Waals surface area contributed by atoms with Gasteiger partial charge in [-0.15, -0.1) is 11.3 Å². The van der Waals surface area contributed by atoms with Crippen LogP contribution in [0.5, 0.6) is 0 Å². The molecule has 1 amide bonds. The largest absolute Gasteiger partial charge is 0.347 e. The number of thiophene rings is 1. The summed E-state index contributed by atoms with van der Waals surface area (Å²) in [5.74, 6) is -0.133. The first-order valence-electron chi connectivity index (χ1n) is 6.18. The van der Waals surface area contributed by atoms with E-state index in [1.54, 1.807) is 18.2 Å². The van der Waals surface area contributed by atoms with Crippen LogP contribution in [-0.2, 0) is 6.42 Å². The number of halogens is 3. The SMILES string of the molecule is NCC(Cc1ccc(Cl)cc1Cl)NC(=O)c1cc(Br)cs1. The van der Waals surface area contributed by atoms with Gasteiger partial charge in [-0.3, -0.25) is 4.79 Å². The molecule has 3 nitrogen and oxygen atoms in total. The fourth-order valence-electron chi connectivity index (χ4n) is 1.83. The van der Waals surface area contributed by atoms with Gasteiger partial charge in [0.1, 0.15) is 0 Å². The minimum atomic E-state index is -0.183. The van der Waals surface area contributed by atoms with Crippen molar-refractivity contribution in [3.63, 3.8) is 0 Å². The van der Waals surface area contributed by atoms with Crippen LogP contribution in [0.15, 0.2) is 34.1 Å². The first-order chi connectivity index (χ1) is 9.99. The molecule has 0 aliphatic carbocycles. The molecule has 0 bridgehead atoms. The first-order valence-corrected chi connectivity index (χ1v) is 8.61. The molecule has 2 rings (SSSR count). The third-order valence-corrected chi connectivity index (χ3v) is 5.17. The van der Waals surface area contributed by atoms with Gasteiger partial charge in [-0.25, -0.2) is 0 Å². The minimum Gasteiger partial charge on any atom is -0.347 e. The third kappa shape index (κ3) is 4.69. The highest BCUT2D eigenvalue weighted by molar-refractivity contribution is 9.10. The maximum Gasteiger partial charge on any atom is 0.261 e. The molecule has 3 N–H and O–H groups in total. The van der Waals surface area contributed by atoms with E-state index in [2.05, 4.69) is 21.2 Å². The van der Waals surface area contributed by atoms with E-state index in [1.165, 1.54) is 11.3 Å². The Balaban J connectivity index is 2.04. The molecule has 0 saturated carbocycles. The molecule has 1 aromatic carbocycles. The third-order valence-electron chi connectivity index (χ3n) is 2.89. The first kappa shape index (κ1) is 16.8. The summed E-state index contributed by atoms with van der Waals surface area (Å²) in [5.41, 5.74) is 6.65. The van der Waals surface area contributed by atoms with Gasteiger partial charge >= 0.3 is 0 Å². The zero-order valence-electron chi connectivity index (χ0n) is 10.9. The van der Waals surface area contributed by atoms with Gasteiger partial charge < -0.3 is 11.1 Å². The van der Waals surface area contributed by atoms with Crippen molar-refractivity contribution in [2.24, 2.45) is 5.73 Å². The van der Waals surface area contributed by atoms with Gasteiger partial charge in [0.05, 0.1) is 4.88 Å². The lowest BCUT2D eigenvalue weighted by atomic mass is 10.1. The molecular weight excluding hydrogens is 395 g/mol. The lowest BCUT2D eigenvalue weighted by Crippen LogP contribution is -2.41. The van der Waals surface area contributed by atoms with Gasteiger partial charge in [0.25, 0.3) is 5.91 Å². The average Bonchev–Trinajstić information content (AvgIpc) is 2.87. The summed E-state index contributed by atoms with van der Waals surface area (Å²) >= 11 is 16.7. The van der Waals surface area contributed by atoms with Crippen LogP contribution in [0.25, 0.3) is 0 Å². The van der Waals surface area contributed by atoms with E-state index in [0.717, 1.165) is 10.0 Å². The van der Waals surface area contributed by atoms with Crippen LogP contribution in [0.2, 0.25) is 10.0 Å². The Hall–Kier alpha value is -0.590. The van der Waals surface area contributed by atoms with Crippen molar-refractivity contribution in [2.45, 2.75) is 12.5 Å². The number of carbonyl (C=O) groups excluding carboxylic acids is 1. The standard InChI is InChI=1S/C14H13BrCl2N2OS/c15-9-4-13(21-7-9)14(20)19-11(6-18)3-8-1-2-10(16)5-12(8)17/h1-2,4-5,7,11H,3,6,18H2,(H,19,20). The normalized spacial score (nSPS) is 12.2. The van der Waals surface area contributed by atoms with E-state index in [1.807, 2.05) is 11.4 Å². The van der Waals surface area contributed by atoms with E-state index in [-0.39, 0.29) is 11.9 Å². The average molecular weight is 408 g/mol. The van der Waals surface area contributed by atoms with Gasteiger partial charge in [-0.1, -0.05) is 29.3 Å². The molecule has 0 fully saturated rings. The van der Waals surface area contributed by atoms with Crippen molar-refractivity contribution in [3.8, 4) is 0 Å². The fraction of sp³-hybridized carbons (Fsp3) is 0.214. The van der Waals surface area contributed by atoms with E-state index < -0.39 is 0 Å². The highest BCUT2D eigenvalue weighted by atomic mass is 79.9. The Morgan fingerprint density at radius 1 is 1.38 bits per heavy atom. The zero-order valence-corrected chi connectivity index (χ0v) is 14.8. The summed E-state index contributed by atoms with van der Waals surface area (Å²) in [6.45, 7) is 0.331. The summed E-state index contributed by atoms with van der Waals surface area (Å²) in [7, 11) is 0. The molecule has 0 aliphatic rings. The summed E-state index contributed by atoms with van der Waals surface area (Å²) in [5, 5.41) is 5.95. The number of rotatable bonds is 5. The van der Waals surface area contributed by atoms with Gasteiger partial charge in [0.15, 0.2) is 0 Å². The number of nitrogens with two attached hydrogens (primary N) is 1. The predicted molar refractivity (Wildman–Crippen MR) is 92.5 cm³/mol. The molecule has 1 unspecified atom stereocenters. The number of nitrogens with one attached hydrogen (secondary N) is 1. The zero-order chi connectivity index (χ0) is 15.4. The maximum atomic E-state index is 12.1. The Morgan fingerprint density at radius 2 is 2.14 bits per heavy atom. The van der Waals surface area contributed by atoms with Crippen LogP contribution in [-0.4, -0.2) is 18.5 Å². The lowest BCUT2D eigenvalue weighted by molar-refractivity contribution is 0.0942. The molecular formula is C14H13BrCl2N2OS. The van der Waals surface area contributed by atoms with E-state index in [0.29, 0.717) is 27.9 Å².